The molecule has 21 heavy (non-hydrogen) atoms. The molecule has 0 aliphatic heterocycles. The highest BCUT2D eigenvalue weighted by Crippen LogP contribution is 2.39. The molecule has 110 valence electrons. The van der Waals surface area contributed by atoms with Gasteiger partial charge < -0.3 is 10.1 Å². The monoisotopic (exact) mass is 281 g/mol. The van der Waals surface area contributed by atoms with Gasteiger partial charge in [0.15, 0.2) is 0 Å². The second kappa shape index (κ2) is 6.31. The zero-order valence-electron chi connectivity index (χ0n) is 12.6. The van der Waals surface area contributed by atoms with Crippen LogP contribution in [0.15, 0.2) is 54.6 Å². The summed E-state index contributed by atoms with van der Waals surface area (Å²) in [4.78, 5) is 0. The molecule has 2 aromatic rings. The Morgan fingerprint density at radius 1 is 0.952 bits per heavy atom. The molecule has 1 aliphatic rings. The molecule has 0 atom stereocenters. The second-order valence-corrected chi connectivity index (χ2v) is 5.88. The van der Waals surface area contributed by atoms with E-state index in [0.717, 1.165) is 18.7 Å². The molecule has 1 fully saturated rings. The van der Waals surface area contributed by atoms with Gasteiger partial charge in [-0.25, -0.2) is 0 Å². The van der Waals surface area contributed by atoms with Crippen molar-refractivity contribution in [2.45, 2.75) is 31.3 Å². The van der Waals surface area contributed by atoms with Crippen molar-refractivity contribution in [3.05, 3.63) is 54.6 Å². The third-order valence-electron chi connectivity index (χ3n) is 4.39. The third-order valence-corrected chi connectivity index (χ3v) is 4.39. The Morgan fingerprint density at radius 2 is 1.62 bits per heavy atom. The maximum Gasteiger partial charge on any atom is 0.120 e. The van der Waals surface area contributed by atoms with E-state index in [1.165, 1.54) is 30.4 Å². The molecule has 0 spiro atoms. The summed E-state index contributed by atoms with van der Waals surface area (Å²) in [7, 11) is 2.00. The summed E-state index contributed by atoms with van der Waals surface area (Å²) >= 11 is 0. The van der Waals surface area contributed by atoms with E-state index in [9.17, 15) is 0 Å². The highest BCUT2D eigenvalue weighted by Gasteiger charge is 2.38. The van der Waals surface area contributed by atoms with Gasteiger partial charge in [0.2, 0.25) is 0 Å². The van der Waals surface area contributed by atoms with Crippen LogP contribution in [0.25, 0.3) is 11.1 Å². The van der Waals surface area contributed by atoms with E-state index >= 15 is 0 Å². The fourth-order valence-corrected chi connectivity index (χ4v) is 2.92. The number of hydrogen-bond donors (Lipinski definition) is 1. The van der Waals surface area contributed by atoms with E-state index in [-0.39, 0.29) is 5.60 Å². The van der Waals surface area contributed by atoms with Crippen molar-refractivity contribution in [3.63, 3.8) is 0 Å². The molecule has 1 N–H and O–H groups in total. The molecule has 1 aliphatic carbocycles. The largest absolute Gasteiger partial charge is 0.487 e. The van der Waals surface area contributed by atoms with Gasteiger partial charge in [-0.3, -0.25) is 0 Å². The van der Waals surface area contributed by atoms with Crippen LogP contribution in [-0.2, 0) is 0 Å². The number of benzene rings is 2. The van der Waals surface area contributed by atoms with E-state index in [0.29, 0.717) is 0 Å². The molecule has 0 bridgehead atoms. The molecule has 3 rings (SSSR count). The molecule has 2 heteroatoms. The van der Waals surface area contributed by atoms with E-state index in [4.69, 9.17) is 4.74 Å². The van der Waals surface area contributed by atoms with Crippen molar-refractivity contribution >= 4 is 0 Å². The molecule has 0 amide bonds. The van der Waals surface area contributed by atoms with Gasteiger partial charge in [0.05, 0.1) is 0 Å². The maximum absolute atomic E-state index is 6.29. The van der Waals surface area contributed by atoms with Crippen molar-refractivity contribution in [1.82, 2.24) is 5.32 Å². The molecular weight excluding hydrogens is 258 g/mol. The minimum absolute atomic E-state index is 0.0667. The first-order valence-electron chi connectivity index (χ1n) is 7.80. The number of rotatable bonds is 6. The van der Waals surface area contributed by atoms with Gasteiger partial charge in [-0.15, -0.1) is 0 Å². The summed E-state index contributed by atoms with van der Waals surface area (Å²) in [5, 5.41) is 3.23. The molecule has 2 nitrogen and oxygen atoms in total. The lowest BCUT2D eigenvalue weighted by molar-refractivity contribution is -0.0138. The quantitative estimate of drug-likeness (QED) is 0.854. The highest BCUT2D eigenvalue weighted by atomic mass is 16.5. The molecule has 1 saturated carbocycles. The zero-order chi connectivity index (χ0) is 14.5. The van der Waals surface area contributed by atoms with Crippen LogP contribution in [0.1, 0.15) is 25.7 Å². The SMILES string of the molecule is CNCCC1(Oc2ccc(-c3ccccc3)cc2)CCC1. The Morgan fingerprint density at radius 3 is 2.19 bits per heavy atom. The Labute approximate surface area is 127 Å². The fraction of sp³-hybridized carbons (Fsp3) is 0.368. The molecule has 0 radical (unpaired) electrons. The second-order valence-electron chi connectivity index (χ2n) is 5.88. The predicted molar refractivity (Wildman–Crippen MR) is 87.6 cm³/mol. The Kier molecular flexibility index (Phi) is 4.26. The van der Waals surface area contributed by atoms with Crippen molar-refractivity contribution in [2.75, 3.05) is 13.6 Å². The molecular formula is C19H23NO. The molecule has 0 unspecified atom stereocenters. The average molecular weight is 281 g/mol. The molecule has 0 saturated heterocycles. The first-order chi connectivity index (χ1) is 10.3. The fourth-order valence-electron chi connectivity index (χ4n) is 2.92. The van der Waals surface area contributed by atoms with Crippen LogP contribution in [0.5, 0.6) is 5.75 Å². The number of hydrogen-bond acceptors (Lipinski definition) is 2. The summed E-state index contributed by atoms with van der Waals surface area (Å²) in [5.41, 5.74) is 2.55. The predicted octanol–water partition coefficient (Wildman–Crippen LogP) is 4.26. The van der Waals surface area contributed by atoms with Crippen LogP contribution in [0.3, 0.4) is 0 Å². The van der Waals surface area contributed by atoms with Crippen LogP contribution >= 0.6 is 0 Å². The lowest BCUT2D eigenvalue weighted by atomic mass is 9.77. The Balaban J connectivity index is 1.70. The van der Waals surface area contributed by atoms with Crippen LogP contribution in [0, 0.1) is 0 Å². The van der Waals surface area contributed by atoms with Gasteiger partial charge in [0.25, 0.3) is 0 Å². The van der Waals surface area contributed by atoms with Gasteiger partial charge >= 0.3 is 0 Å². The lowest BCUT2D eigenvalue weighted by Crippen LogP contribution is -2.45. The van der Waals surface area contributed by atoms with Crippen molar-refractivity contribution < 1.29 is 4.74 Å². The normalized spacial score (nSPS) is 16.2. The van der Waals surface area contributed by atoms with E-state index in [2.05, 4.69) is 53.8 Å². The minimum atomic E-state index is 0.0667. The standard InChI is InChI=1S/C19H23NO/c1-20-15-14-19(12-5-13-19)21-18-10-8-17(9-11-18)16-6-3-2-4-7-16/h2-4,6-11,20H,5,12-15H2,1H3. The van der Waals surface area contributed by atoms with E-state index < -0.39 is 0 Å². The highest BCUT2D eigenvalue weighted by molar-refractivity contribution is 5.63. The van der Waals surface area contributed by atoms with Crippen LogP contribution in [0.2, 0.25) is 0 Å². The summed E-state index contributed by atoms with van der Waals surface area (Å²) in [5.74, 6) is 0.991. The van der Waals surface area contributed by atoms with Crippen molar-refractivity contribution in [3.8, 4) is 16.9 Å². The van der Waals surface area contributed by atoms with Gasteiger partial charge in [0.1, 0.15) is 11.4 Å². The first-order valence-corrected chi connectivity index (χ1v) is 7.80. The average Bonchev–Trinajstić information content (AvgIpc) is 2.51. The Bertz CT molecular complexity index is 558. The van der Waals surface area contributed by atoms with Crippen molar-refractivity contribution in [1.29, 1.82) is 0 Å². The van der Waals surface area contributed by atoms with Crippen LogP contribution < -0.4 is 10.1 Å². The summed E-state index contributed by atoms with van der Waals surface area (Å²) in [6.45, 7) is 1.02. The smallest absolute Gasteiger partial charge is 0.120 e. The summed E-state index contributed by atoms with van der Waals surface area (Å²) in [6, 6.07) is 18.9. The molecule has 2 aromatic carbocycles. The number of nitrogens with one attached hydrogen (secondary N) is 1. The zero-order valence-corrected chi connectivity index (χ0v) is 12.6. The van der Waals surface area contributed by atoms with Crippen LogP contribution in [0.4, 0.5) is 0 Å². The Hall–Kier alpha value is -1.80. The third kappa shape index (κ3) is 3.27. The van der Waals surface area contributed by atoms with E-state index in [1.54, 1.807) is 0 Å². The first kappa shape index (κ1) is 14.2. The van der Waals surface area contributed by atoms with Crippen LogP contribution in [-0.4, -0.2) is 19.2 Å². The molecule has 0 aromatic heterocycles. The minimum Gasteiger partial charge on any atom is -0.487 e. The van der Waals surface area contributed by atoms with E-state index in [1.807, 2.05) is 13.1 Å². The van der Waals surface area contributed by atoms with Crippen molar-refractivity contribution in [2.24, 2.45) is 0 Å². The topological polar surface area (TPSA) is 21.3 Å². The summed E-state index contributed by atoms with van der Waals surface area (Å²) < 4.78 is 6.29. The lowest BCUT2D eigenvalue weighted by Gasteiger charge is -2.42. The van der Waals surface area contributed by atoms with Gasteiger partial charge in [-0.1, -0.05) is 42.5 Å². The van der Waals surface area contributed by atoms with Gasteiger partial charge in [-0.05, 0) is 62.5 Å². The summed E-state index contributed by atoms with van der Waals surface area (Å²) in [6.07, 6.45) is 4.72. The van der Waals surface area contributed by atoms with Gasteiger partial charge in [-0.2, -0.15) is 0 Å². The molecule has 0 heterocycles. The maximum atomic E-state index is 6.29. The van der Waals surface area contributed by atoms with Gasteiger partial charge in [0, 0.05) is 0 Å². The number of ether oxygens (including phenoxy) is 1.